The molecule has 4 nitrogen and oxygen atoms in total. The minimum atomic E-state index is -0.00943. The molecule has 0 saturated heterocycles. The van der Waals surface area contributed by atoms with E-state index in [1.807, 2.05) is 32.0 Å². The molecule has 0 aliphatic rings. The number of amides is 1. The van der Waals surface area contributed by atoms with Gasteiger partial charge in [-0.25, -0.2) is 0 Å². The number of rotatable bonds is 7. The van der Waals surface area contributed by atoms with E-state index in [0.29, 0.717) is 13.2 Å². The van der Waals surface area contributed by atoms with Crippen LogP contribution in [0, 0.1) is 13.8 Å². The first-order chi connectivity index (χ1) is 8.65. The van der Waals surface area contributed by atoms with Crippen LogP contribution in [0.1, 0.15) is 17.5 Å². The second-order valence-electron chi connectivity index (χ2n) is 4.34. The van der Waals surface area contributed by atoms with Crippen molar-refractivity contribution in [3.63, 3.8) is 0 Å². The smallest absolute Gasteiger partial charge is 0.238 e. The summed E-state index contributed by atoms with van der Waals surface area (Å²) in [5.74, 6) is -0.00943. The fraction of sp³-hybridized carbons (Fsp3) is 0.500. The van der Waals surface area contributed by atoms with Crippen molar-refractivity contribution in [2.75, 3.05) is 32.1 Å². The Morgan fingerprint density at radius 3 is 2.47 bits per heavy atom. The number of ether oxygens (including phenoxy) is 1. The van der Waals surface area contributed by atoms with Gasteiger partial charge in [-0.15, -0.1) is 12.4 Å². The molecule has 1 aromatic carbocycles. The zero-order chi connectivity index (χ0) is 13.4. The minimum absolute atomic E-state index is 0. The molecule has 2 N–H and O–H groups in total. The van der Waals surface area contributed by atoms with E-state index in [2.05, 4.69) is 10.6 Å². The number of nitrogens with one attached hydrogen (secondary N) is 2. The number of carbonyl (C=O) groups excluding carboxylic acids is 1. The number of halogens is 1. The van der Waals surface area contributed by atoms with Crippen LogP contribution in [0.4, 0.5) is 5.69 Å². The minimum Gasteiger partial charge on any atom is -0.385 e. The van der Waals surface area contributed by atoms with Crippen molar-refractivity contribution >= 4 is 24.0 Å². The van der Waals surface area contributed by atoms with Gasteiger partial charge in [0.25, 0.3) is 0 Å². The quantitative estimate of drug-likeness (QED) is 0.756. The van der Waals surface area contributed by atoms with Gasteiger partial charge in [0.05, 0.1) is 6.54 Å². The predicted molar refractivity (Wildman–Crippen MR) is 81.2 cm³/mol. The van der Waals surface area contributed by atoms with Crippen LogP contribution in [0.25, 0.3) is 0 Å². The van der Waals surface area contributed by atoms with Gasteiger partial charge in [0.15, 0.2) is 0 Å². The van der Waals surface area contributed by atoms with Gasteiger partial charge in [0, 0.05) is 19.4 Å². The molecule has 0 atom stereocenters. The number of anilines is 1. The SMILES string of the molecule is COCCCNCC(=O)Nc1c(C)cccc1C.Cl. The fourth-order valence-corrected chi connectivity index (χ4v) is 1.74. The summed E-state index contributed by atoms with van der Waals surface area (Å²) < 4.78 is 4.94. The molecule has 108 valence electrons. The van der Waals surface area contributed by atoms with Crippen molar-refractivity contribution in [3.05, 3.63) is 29.3 Å². The highest BCUT2D eigenvalue weighted by molar-refractivity contribution is 5.93. The van der Waals surface area contributed by atoms with Crippen molar-refractivity contribution in [1.82, 2.24) is 5.32 Å². The second-order valence-corrected chi connectivity index (χ2v) is 4.34. The Labute approximate surface area is 121 Å². The summed E-state index contributed by atoms with van der Waals surface area (Å²) in [6.07, 6.45) is 0.910. The van der Waals surface area contributed by atoms with Crippen LogP contribution in [0.3, 0.4) is 0 Å². The third-order valence-electron chi connectivity index (χ3n) is 2.73. The van der Waals surface area contributed by atoms with E-state index in [1.165, 1.54) is 0 Å². The number of aryl methyl sites for hydroxylation is 2. The molecule has 0 unspecified atom stereocenters. The van der Waals surface area contributed by atoms with E-state index in [4.69, 9.17) is 4.74 Å². The number of para-hydroxylation sites is 1. The lowest BCUT2D eigenvalue weighted by atomic mass is 10.1. The van der Waals surface area contributed by atoms with Gasteiger partial charge < -0.3 is 15.4 Å². The normalized spacial score (nSPS) is 9.84. The molecule has 0 saturated carbocycles. The van der Waals surface area contributed by atoms with Crippen molar-refractivity contribution in [2.45, 2.75) is 20.3 Å². The summed E-state index contributed by atoms with van der Waals surface area (Å²) in [5, 5.41) is 6.02. The third kappa shape index (κ3) is 6.57. The maximum Gasteiger partial charge on any atom is 0.238 e. The molecule has 19 heavy (non-hydrogen) atoms. The summed E-state index contributed by atoms with van der Waals surface area (Å²) in [6.45, 7) is 5.82. The Morgan fingerprint density at radius 1 is 1.26 bits per heavy atom. The van der Waals surface area contributed by atoms with E-state index in [0.717, 1.165) is 29.8 Å². The first-order valence-corrected chi connectivity index (χ1v) is 6.21. The standard InChI is InChI=1S/C14H22N2O2.ClH/c1-11-6-4-7-12(2)14(11)16-13(17)10-15-8-5-9-18-3;/h4,6-7,15H,5,8-10H2,1-3H3,(H,16,17);1H. The molecular formula is C14H23ClN2O2. The molecule has 0 heterocycles. The van der Waals surface area contributed by atoms with Crippen LogP contribution >= 0.6 is 12.4 Å². The van der Waals surface area contributed by atoms with Gasteiger partial charge in [0.2, 0.25) is 5.91 Å². The summed E-state index contributed by atoms with van der Waals surface area (Å²) in [7, 11) is 1.67. The molecule has 1 rings (SSSR count). The van der Waals surface area contributed by atoms with E-state index in [1.54, 1.807) is 7.11 Å². The maximum absolute atomic E-state index is 11.7. The lowest BCUT2D eigenvalue weighted by molar-refractivity contribution is -0.115. The second kappa shape index (κ2) is 9.78. The monoisotopic (exact) mass is 286 g/mol. The lowest BCUT2D eigenvalue weighted by Crippen LogP contribution is -2.29. The molecule has 1 aromatic rings. The molecule has 5 heteroatoms. The van der Waals surface area contributed by atoms with Crippen LogP contribution in [-0.2, 0) is 9.53 Å². The Balaban J connectivity index is 0.00000324. The van der Waals surface area contributed by atoms with Crippen LogP contribution in [0.2, 0.25) is 0 Å². The Bertz CT molecular complexity index is 377. The highest BCUT2D eigenvalue weighted by atomic mass is 35.5. The number of hydrogen-bond donors (Lipinski definition) is 2. The zero-order valence-electron chi connectivity index (χ0n) is 11.8. The van der Waals surface area contributed by atoms with Gasteiger partial charge in [-0.2, -0.15) is 0 Å². The van der Waals surface area contributed by atoms with E-state index in [-0.39, 0.29) is 18.3 Å². The van der Waals surface area contributed by atoms with Gasteiger partial charge >= 0.3 is 0 Å². The Kier molecular flexibility index (Phi) is 9.21. The van der Waals surface area contributed by atoms with Crippen LogP contribution in [-0.4, -0.2) is 32.7 Å². The molecule has 0 aliphatic heterocycles. The average Bonchev–Trinajstić information content (AvgIpc) is 2.34. The third-order valence-corrected chi connectivity index (χ3v) is 2.73. The first-order valence-electron chi connectivity index (χ1n) is 6.21. The molecule has 0 bridgehead atoms. The molecule has 1 amide bonds. The van der Waals surface area contributed by atoms with Crippen molar-refractivity contribution in [2.24, 2.45) is 0 Å². The average molecular weight is 287 g/mol. The Morgan fingerprint density at radius 2 is 1.89 bits per heavy atom. The summed E-state index contributed by atoms with van der Waals surface area (Å²) >= 11 is 0. The van der Waals surface area contributed by atoms with Crippen LogP contribution in [0.5, 0.6) is 0 Å². The zero-order valence-corrected chi connectivity index (χ0v) is 12.6. The number of benzene rings is 1. The molecule has 0 radical (unpaired) electrons. The molecule has 0 aromatic heterocycles. The maximum atomic E-state index is 11.7. The highest BCUT2D eigenvalue weighted by Gasteiger charge is 2.06. The fourth-order valence-electron chi connectivity index (χ4n) is 1.74. The van der Waals surface area contributed by atoms with Crippen molar-refractivity contribution < 1.29 is 9.53 Å². The van der Waals surface area contributed by atoms with Gasteiger partial charge in [0.1, 0.15) is 0 Å². The molecule has 0 aliphatic carbocycles. The number of carbonyl (C=O) groups is 1. The number of methoxy groups -OCH3 is 1. The summed E-state index contributed by atoms with van der Waals surface area (Å²) in [6, 6.07) is 5.98. The van der Waals surface area contributed by atoms with Gasteiger partial charge in [-0.1, -0.05) is 18.2 Å². The lowest BCUT2D eigenvalue weighted by Gasteiger charge is -2.11. The van der Waals surface area contributed by atoms with E-state index in [9.17, 15) is 4.79 Å². The van der Waals surface area contributed by atoms with Crippen LogP contribution < -0.4 is 10.6 Å². The Hall–Kier alpha value is -1.10. The van der Waals surface area contributed by atoms with Crippen LogP contribution in [0.15, 0.2) is 18.2 Å². The highest BCUT2D eigenvalue weighted by Crippen LogP contribution is 2.18. The predicted octanol–water partition coefficient (Wildman–Crippen LogP) is 2.29. The molecule has 0 spiro atoms. The van der Waals surface area contributed by atoms with Crippen molar-refractivity contribution in [3.8, 4) is 0 Å². The first kappa shape index (κ1) is 17.9. The molecule has 0 fully saturated rings. The van der Waals surface area contributed by atoms with Crippen molar-refractivity contribution in [1.29, 1.82) is 0 Å². The van der Waals surface area contributed by atoms with E-state index < -0.39 is 0 Å². The number of hydrogen-bond acceptors (Lipinski definition) is 3. The summed E-state index contributed by atoms with van der Waals surface area (Å²) in [5.41, 5.74) is 3.09. The topological polar surface area (TPSA) is 50.4 Å². The molecular weight excluding hydrogens is 264 g/mol. The summed E-state index contributed by atoms with van der Waals surface area (Å²) in [4.78, 5) is 11.7. The largest absolute Gasteiger partial charge is 0.385 e. The van der Waals surface area contributed by atoms with E-state index >= 15 is 0 Å². The van der Waals surface area contributed by atoms with Gasteiger partial charge in [-0.3, -0.25) is 4.79 Å². The van der Waals surface area contributed by atoms with Gasteiger partial charge in [-0.05, 0) is 37.9 Å².